The zero-order valence-corrected chi connectivity index (χ0v) is 18.3. The van der Waals surface area contributed by atoms with Crippen molar-refractivity contribution in [2.24, 2.45) is 5.41 Å². The standard InChI is InChI=1S/C23H27ClN2O4/c1-22(2,3)14-28-18-8-7-16(12-17(18)24)21(27)26-11-9-23(19-6-4-5-10-25-19)20(13-26)29-15-30-23/h4-8,10,12,20H,9,11,13-15H2,1-3H3. The summed E-state index contributed by atoms with van der Waals surface area (Å²) >= 11 is 6.38. The highest BCUT2D eigenvalue weighted by molar-refractivity contribution is 6.32. The Kier molecular flexibility index (Phi) is 5.75. The lowest BCUT2D eigenvalue weighted by atomic mass is 9.85. The predicted molar refractivity (Wildman–Crippen MR) is 114 cm³/mol. The van der Waals surface area contributed by atoms with Gasteiger partial charge >= 0.3 is 0 Å². The summed E-state index contributed by atoms with van der Waals surface area (Å²) in [7, 11) is 0. The van der Waals surface area contributed by atoms with Crippen molar-refractivity contribution in [3.05, 3.63) is 58.9 Å². The Hall–Kier alpha value is -2.15. The first kappa shape index (κ1) is 21.1. The Morgan fingerprint density at radius 2 is 2.17 bits per heavy atom. The molecule has 6 nitrogen and oxygen atoms in total. The maximum Gasteiger partial charge on any atom is 0.254 e. The number of ether oxygens (including phenoxy) is 3. The van der Waals surface area contributed by atoms with E-state index >= 15 is 0 Å². The number of hydrogen-bond acceptors (Lipinski definition) is 5. The summed E-state index contributed by atoms with van der Waals surface area (Å²) in [5.74, 6) is 0.507. The summed E-state index contributed by atoms with van der Waals surface area (Å²) in [4.78, 5) is 19.4. The van der Waals surface area contributed by atoms with Gasteiger partial charge in [-0.05, 0) is 35.7 Å². The number of hydrogen-bond donors (Lipinski definition) is 0. The molecule has 7 heteroatoms. The van der Waals surface area contributed by atoms with Crippen molar-refractivity contribution in [1.29, 1.82) is 0 Å². The molecule has 160 valence electrons. The summed E-state index contributed by atoms with van der Waals surface area (Å²) in [5, 5.41) is 0.436. The van der Waals surface area contributed by atoms with E-state index in [1.165, 1.54) is 0 Å². The van der Waals surface area contributed by atoms with Crippen LogP contribution >= 0.6 is 11.6 Å². The molecule has 2 aliphatic heterocycles. The van der Waals surface area contributed by atoms with Gasteiger partial charge in [-0.15, -0.1) is 0 Å². The number of rotatable bonds is 4. The van der Waals surface area contributed by atoms with Gasteiger partial charge in [-0.3, -0.25) is 9.78 Å². The SMILES string of the molecule is CC(C)(C)COc1ccc(C(=O)N2CCC3(c4ccccn4)OCOC3C2)cc1Cl. The van der Waals surface area contributed by atoms with Crippen LogP contribution in [0.2, 0.25) is 5.02 Å². The van der Waals surface area contributed by atoms with Crippen LogP contribution in [0, 0.1) is 5.41 Å². The maximum absolute atomic E-state index is 13.1. The molecule has 0 aliphatic carbocycles. The highest BCUT2D eigenvalue weighted by atomic mass is 35.5. The van der Waals surface area contributed by atoms with E-state index in [-0.39, 0.29) is 24.2 Å². The van der Waals surface area contributed by atoms with Gasteiger partial charge < -0.3 is 19.1 Å². The van der Waals surface area contributed by atoms with Crippen molar-refractivity contribution in [1.82, 2.24) is 9.88 Å². The highest BCUT2D eigenvalue weighted by Crippen LogP contribution is 2.42. The Balaban J connectivity index is 1.47. The fourth-order valence-electron chi connectivity index (χ4n) is 3.87. The van der Waals surface area contributed by atoms with Crippen LogP contribution in [0.15, 0.2) is 42.6 Å². The molecule has 0 spiro atoms. The molecule has 2 aliphatic rings. The molecule has 0 bridgehead atoms. The minimum Gasteiger partial charge on any atom is -0.491 e. The van der Waals surface area contributed by atoms with E-state index in [0.29, 0.717) is 42.5 Å². The Morgan fingerprint density at radius 1 is 1.33 bits per heavy atom. The van der Waals surface area contributed by atoms with Crippen LogP contribution in [-0.2, 0) is 15.1 Å². The number of fused-ring (bicyclic) bond motifs is 1. The van der Waals surface area contributed by atoms with Gasteiger partial charge in [0.05, 0.1) is 23.9 Å². The molecule has 30 heavy (non-hydrogen) atoms. The van der Waals surface area contributed by atoms with Gasteiger partial charge in [0.25, 0.3) is 5.91 Å². The van der Waals surface area contributed by atoms with Gasteiger partial charge in [0.1, 0.15) is 24.2 Å². The van der Waals surface area contributed by atoms with Crippen molar-refractivity contribution in [3.63, 3.8) is 0 Å². The number of carbonyl (C=O) groups excluding carboxylic acids is 1. The number of amides is 1. The smallest absolute Gasteiger partial charge is 0.254 e. The van der Waals surface area contributed by atoms with E-state index < -0.39 is 5.60 Å². The summed E-state index contributed by atoms with van der Waals surface area (Å²) in [6.07, 6.45) is 2.13. The number of halogens is 1. The zero-order valence-electron chi connectivity index (χ0n) is 17.6. The second-order valence-corrected chi connectivity index (χ2v) is 9.42. The lowest BCUT2D eigenvalue weighted by molar-refractivity contribution is -0.0470. The Morgan fingerprint density at radius 3 is 2.87 bits per heavy atom. The normalized spacial score (nSPS) is 23.9. The summed E-state index contributed by atoms with van der Waals surface area (Å²) < 4.78 is 17.6. The van der Waals surface area contributed by atoms with E-state index in [9.17, 15) is 4.79 Å². The number of pyridine rings is 1. The summed E-state index contributed by atoms with van der Waals surface area (Å²) in [6, 6.07) is 11.0. The van der Waals surface area contributed by atoms with Gasteiger partial charge in [-0.1, -0.05) is 38.4 Å². The molecule has 1 amide bonds. The Bertz CT molecular complexity index is 915. The topological polar surface area (TPSA) is 60.9 Å². The van der Waals surface area contributed by atoms with Gasteiger partial charge in [0, 0.05) is 24.7 Å². The molecule has 2 aromatic rings. The van der Waals surface area contributed by atoms with Crippen LogP contribution in [0.5, 0.6) is 5.75 Å². The minimum absolute atomic E-state index is 0.0229. The van der Waals surface area contributed by atoms with Gasteiger partial charge in [-0.2, -0.15) is 0 Å². The van der Waals surface area contributed by atoms with Crippen molar-refractivity contribution in [3.8, 4) is 5.75 Å². The lowest BCUT2D eigenvalue weighted by Gasteiger charge is -2.41. The summed E-state index contributed by atoms with van der Waals surface area (Å²) in [5.41, 5.74) is 0.811. The molecular weight excluding hydrogens is 404 g/mol. The average Bonchev–Trinajstić information content (AvgIpc) is 3.16. The first-order valence-corrected chi connectivity index (χ1v) is 10.5. The first-order valence-electron chi connectivity index (χ1n) is 10.2. The van der Waals surface area contributed by atoms with Crippen LogP contribution in [0.25, 0.3) is 0 Å². The monoisotopic (exact) mass is 430 g/mol. The fraction of sp³-hybridized carbons (Fsp3) is 0.478. The average molecular weight is 431 g/mol. The molecule has 1 aromatic heterocycles. The van der Waals surface area contributed by atoms with E-state index in [0.717, 1.165) is 5.69 Å². The predicted octanol–water partition coefficient (Wildman–Crippen LogP) is 4.27. The second kappa shape index (κ2) is 8.17. The summed E-state index contributed by atoms with van der Waals surface area (Å²) in [6.45, 7) is 8.01. The highest BCUT2D eigenvalue weighted by Gasteiger charge is 2.52. The van der Waals surface area contributed by atoms with Crippen LogP contribution in [0.3, 0.4) is 0 Å². The number of benzene rings is 1. The molecule has 2 unspecified atom stereocenters. The van der Waals surface area contributed by atoms with Crippen LogP contribution < -0.4 is 4.74 Å². The second-order valence-electron chi connectivity index (χ2n) is 9.02. The molecular formula is C23H27ClN2O4. The molecule has 2 atom stereocenters. The van der Waals surface area contributed by atoms with Crippen molar-refractivity contribution < 1.29 is 19.0 Å². The number of aromatic nitrogens is 1. The van der Waals surface area contributed by atoms with Crippen molar-refractivity contribution >= 4 is 17.5 Å². The van der Waals surface area contributed by atoms with Crippen LogP contribution in [0.1, 0.15) is 43.2 Å². The zero-order chi connectivity index (χ0) is 21.4. The lowest BCUT2D eigenvalue weighted by Crippen LogP contribution is -2.53. The van der Waals surface area contributed by atoms with Crippen molar-refractivity contribution in [2.45, 2.75) is 38.9 Å². The van der Waals surface area contributed by atoms with Gasteiger partial charge in [0.15, 0.2) is 0 Å². The molecule has 0 saturated carbocycles. The fourth-order valence-corrected chi connectivity index (χ4v) is 4.10. The molecule has 0 N–H and O–H groups in total. The number of piperidine rings is 1. The van der Waals surface area contributed by atoms with E-state index in [1.807, 2.05) is 18.2 Å². The van der Waals surface area contributed by atoms with Crippen LogP contribution in [-0.4, -0.2) is 48.4 Å². The maximum atomic E-state index is 13.1. The molecule has 1 aromatic carbocycles. The number of nitrogens with zero attached hydrogens (tertiary/aromatic N) is 2. The quantitative estimate of drug-likeness (QED) is 0.724. The van der Waals surface area contributed by atoms with Gasteiger partial charge in [-0.25, -0.2) is 0 Å². The molecule has 2 fully saturated rings. The molecule has 0 radical (unpaired) electrons. The molecule has 2 saturated heterocycles. The number of likely N-dealkylation sites (tertiary alicyclic amines) is 1. The third-order valence-corrected chi connectivity index (χ3v) is 5.77. The van der Waals surface area contributed by atoms with Crippen molar-refractivity contribution in [2.75, 3.05) is 26.5 Å². The third-order valence-electron chi connectivity index (χ3n) is 5.47. The minimum atomic E-state index is -0.597. The largest absolute Gasteiger partial charge is 0.491 e. The van der Waals surface area contributed by atoms with E-state index in [1.54, 1.807) is 29.3 Å². The van der Waals surface area contributed by atoms with E-state index in [4.69, 9.17) is 25.8 Å². The van der Waals surface area contributed by atoms with Gasteiger partial charge in [0.2, 0.25) is 0 Å². The molecule has 3 heterocycles. The third kappa shape index (κ3) is 4.17. The molecule has 4 rings (SSSR count). The number of carbonyl (C=O) groups is 1. The first-order chi connectivity index (χ1) is 14.3. The van der Waals surface area contributed by atoms with Crippen LogP contribution in [0.4, 0.5) is 0 Å². The Labute approximate surface area is 182 Å². The van der Waals surface area contributed by atoms with E-state index in [2.05, 4.69) is 25.8 Å².